The van der Waals surface area contributed by atoms with Crippen molar-refractivity contribution < 1.29 is 42.9 Å². The third-order valence-corrected chi connectivity index (χ3v) is 3.85. The Morgan fingerprint density at radius 1 is 1.04 bits per heavy atom. The average Bonchev–Trinajstić information content (AvgIpc) is 2.80. The Hall–Kier alpha value is -1.94. The van der Waals surface area contributed by atoms with E-state index in [1.165, 1.54) is 6.08 Å². The van der Waals surface area contributed by atoms with Crippen LogP contribution in [0, 0.1) is 0 Å². The maximum Gasteiger partial charge on any atom is 0.322 e. The van der Waals surface area contributed by atoms with Crippen molar-refractivity contribution in [3.63, 3.8) is 0 Å². The first-order valence-electron chi connectivity index (χ1n) is 7.26. The van der Waals surface area contributed by atoms with E-state index in [-0.39, 0.29) is 6.61 Å². The van der Waals surface area contributed by atoms with Gasteiger partial charge >= 0.3 is 23.9 Å². The minimum Gasteiger partial charge on any atom is -0.461 e. The van der Waals surface area contributed by atoms with E-state index in [4.69, 9.17) is 23.7 Å². The fourth-order valence-corrected chi connectivity index (χ4v) is 2.70. The van der Waals surface area contributed by atoms with Gasteiger partial charge in [-0.15, -0.1) is 0 Å². The number of ether oxygens (including phenoxy) is 5. The quantitative estimate of drug-likeness (QED) is 0.252. The molecular formula is C15H19BrO9. The van der Waals surface area contributed by atoms with Gasteiger partial charge in [0.25, 0.3) is 0 Å². The van der Waals surface area contributed by atoms with E-state index in [1.54, 1.807) is 0 Å². The highest BCUT2D eigenvalue weighted by molar-refractivity contribution is 9.10. The van der Waals surface area contributed by atoms with Crippen LogP contribution in [0.5, 0.6) is 0 Å². The van der Waals surface area contributed by atoms with E-state index in [1.807, 2.05) is 0 Å². The van der Waals surface area contributed by atoms with E-state index in [2.05, 4.69) is 22.5 Å². The van der Waals surface area contributed by atoms with E-state index >= 15 is 0 Å². The minimum atomic E-state index is -1.34. The maximum absolute atomic E-state index is 12.0. The Kier molecular flexibility index (Phi) is 8.04. The van der Waals surface area contributed by atoms with Crippen LogP contribution in [0.3, 0.4) is 0 Å². The zero-order chi connectivity index (χ0) is 19.1. The Morgan fingerprint density at radius 3 is 2.04 bits per heavy atom. The molecule has 1 rings (SSSR count). The normalized spacial score (nSPS) is 26.2. The van der Waals surface area contributed by atoms with Crippen LogP contribution in [0.25, 0.3) is 0 Å². The van der Waals surface area contributed by atoms with Crippen LogP contribution in [0.15, 0.2) is 12.7 Å². The molecule has 0 bridgehead atoms. The van der Waals surface area contributed by atoms with E-state index in [0.29, 0.717) is 0 Å². The Morgan fingerprint density at radius 2 is 1.56 bits per heavy atom. The average molecular weight is 423 g/mol. The molecule has 1 fully saturated rings. The molecule has 0 aromatic heterocycles. The third kappa shape index (κ3) is 6.13. The van der Waals surface area contributed by atoms with Gasteiger partial charge in [-0.1, -0.05) is 28.6 Å². The van der Waals surface area contributed by atoms with Crippen LogP contribution in [0.1, 0.15) is 20.8 Å². The smallest absolute Gasteiger partial charge is 0.322 e. The topological polar surface area (TPSA) is 114 Å². The Labute approximate surface area is 152 Å². The van der Waals surface area contributed by atoms with Crippen LogP contribution >= 0.6 is 15.9 Å². The summed E-state index contributed by atoms with van der Waals surface area (Å²) in [7, 11) is 0. The fourth-order valence-electron chi connectivity index (χ4n) is 2.14. The number of hydrogen-bond donors (Lipinski definition) is 0. The predicted octanol–water partition coefficient (Wildman–Crippen LogP) is 0.630. The van der Waals surface area contributed by atoms with Crippen molar-refractivity contribution in [2.45, 2.75) is 50.2 Å². The van der Waals surface area contributed by atoms with Gasteiger partial charge < -0.3 is 23.7 Å². The molecule has 0 spiro atoms. The van der Waals surface area contributed by atoms with Gasteiger partial charge in [0, 0.05) is 20.8 Å². The largest absolute Gasteiger partial charge is 0.461 e. The highest BCUT2D eigenvalue weighted by Crippen LogP contribution is 2.33. The Bertz CT molecular complexity index is 547. The number of carbonyl (C=O) groups is 4. The van der Waals surface area contributed by atoms with Gasteiger partial charge in [-0.05, 0) is 0 Å². The summed E-state index contributed by atoms with van der Waals surface area (Å²) in [5, 5.41) is 0. The zero-order valence-corrected chi connectivity index (χ0v) is 15.5. The molecule has 5 atom stereocenters. The zero-order valence-electron chi connectivity index (χ0n) is 13.9. The van der Waals surface area contributed by atoms with Gasteiger partial charge in [0.05, 0.1) is 0 Å². The molecular weight excluding hydrogens is 404 g/mol. The second kappa shape index (κ2) is 9.52. The summed E-state index contributed by atoms with van der Waals surface area (Å²) < 4.78 is 25.6. The molecule has 0 amide bonds. The molecule has 1 aliphatic rings. The number of halogens is 1. The lowest BCUT2D eigenvalue weighted by molar-refractivity contribution is -0.195. The number of rotatable bonds is 7. The van der Waals surface area contributed by atoms with Crippen LogP contribution in [0.4, 0.5) is 0 Å². The second-order valence-corrected chi connectivity index (χ2v) is 6.03. The van der Waals surface area contributed by atoms with Crippen LogP contribution in [-0.2, 0) is 42.9 Å². The summed E-state index contributed by atoms with van der Waals surface area (Å²) in [5.74, 6) is -2.82. The molecule has 1 heterocycles. The number of alkyl halides is 1. The molecule has 25 heavy (non-hydrogen) atoms. The lowest BCUT2D eigenvalue weighted by Crippen LogP contribution is -2.45. The molecule has 0 aromatic rings. The van der Waals surface area contributed by atoms with Crippen molar-refractivity contribution in [2.24, 2.45) is 0 Å². The van der Waals surface area contributed by atoms with E-state index < -0.39 is 53.3 Å². The molecule has 0 aromatic carbocycles. The van der Waals surface area contributed by atoms with Crippen molar-refractivity contribution in [3.8, 4) is 0 Å². The molecule has 0 radical (unpaired) electrons. The summed E-state index contributed by atoms with van der Waals surface area (Å²) in [6.45, 7) is 6.79. The summed E-state index contributed by atoms with van der Waals surface area (Å²) in [6.07, 6.45) is -3.51. The first-order chi connectivity index (χ1) is 11.7. The summed E-state index contributed by atoms with van der Waals surface area (Å²) >= 11 is 3.11. The Balaban J connectivity index is 3.08. The molecule has 0 N–H and O–H groups in total. The molecule has 1 saturated heterocycles. The fraction of sp³-hybridized carbons (Fsp3) is 0.600. The van der Waals surface area contributed by atoms with Crippen molar-refractivity contribution in [3.05, 3.63) is 12.7 Å². The van der Waals surface area contributed by atoms with E-state index in [0.717, 1.165) is 20.8 Å². The molecule has 1 aliphatic heterocycles. The molecule has 9 nitrogen and oxygen atoms in total. The summed E-state index contributed by atoms with van der Waals surface area (Å²) in [6, 6.07) is 0. The minimum absolute atomic E-state index is 0.0351. The van der Waals surface area contributed by atoms with Gasteiger partial charge in [0.1, 0.15) is 17.5 Å². The lowest BCUT2D eigenvalue weighted by Gasteiger charge is -2.24. The van der Waals surface area contributed by atoms with Crippen LogP contribution in [0.2, 0.25) is 0 Å². The van der Waals surface area contributed by atoms with Gasteiger partial charge in [0.2, 0.25) is 12.4 Å². The van der Waals surface area contributed by atoms with Crippen LogP contribution < -0.4 is 0 Å². The molecule has 0 unspecified atom stereocenters. The number of esters is 4. The van der Waals surface area contributed by atoms with Crippen molar-refractivity contribution in [1.82, 2.24) is 0 Å². The first kappa shape index (κ1) is 21.1. The predicted molar refractivity (Wildman–Crippen MR) is 85.4 cm³/mol. The SMILES string of the molecule is C=CCOC(=O)[C@@H](Br)[C@H]1O[C@@H](OC(C)=O)[C@H](OC(C)=O)[C@@H]1OC(C)=O. The monoisotopic (exact) mass is 422 g/mol. The molecule has 0 saturated carbocycles. The van der Waals surface area contributed by atoms with Gasteiger partial charge in [-0.2, -0.15) is 0 Å². The van der Waals surface area contributed by atoms with Crippen molar-refractivity contribution in [2.75, 3.05) is 6.61 Å². The standard InChI is InChI=1S/C15H19BrO9/c1-5-6-21-14(20)10(16)11-12(22-7(2)17)13(23-8(3)18)15(25-11)24-9(4)19/h5,10-13,15H,1,6H2,2-4H3/t10-,11+,12+,13+,15+/m0/s1. The third-order valence-electron chi connectivity index (χ3n) is 2.95. The molecule has 0 aliphatic carbocycles. The molecule has 140 valence electrons. The summed E-state index contributed by atoms with van der Waals surface area (Å²) in [4.78, 5) is 44.9. The number of carbonyl (C=O) groups excluding carboxylic acids is 4. The first-order valence-corrected chi connectivity index (χ1v) is 8.17. The van der Waals surface area contributed by atoms with Crippen molar-refractivity contribution in [1.29, 1.82) is 0 Å². The van der Waals surface area contributed by atoms with Gasteiger partial charge in [-0.25, -0.2) is 0 Å². The van der Waals surface area contributed by atoms with Crippen molar-refractivity contribution >= 4 is 39.8 Å². The highest BCUT2D eigenvalue weighted by Gasteiger charge is 2.55. The number of hydrogen-bond acceptors (Lipinski definition) is 9. The summed E-state index contributed by atoms with van der Waals surface area (Å²) in [5.41, 5.74) is 0. The van der Waals surface area contributed by atoms with Gasteiger partial charge in [-0.3, -0.25) is 19.2 Å². The lowest BCUT2D eigenvalue weighted by atomic mass is 10.1. The van der Waals surface area contributed by atoms with E-state index in [9.17, 15) is 19.2 Å². The highest BCUT2D eigenvalue weighted by atomic mass is 79.9. The molecule has 10 heteroatoms. The van der Waals surface area contributed by atoms with Gasteiger partial charge in [0.15, 0.2) is 6.10 Å². The van der Waals surface area contributed by atoms with Crippen LogP contribution in [-0.4, -0.2) is 59.9 Å². The maximum atomic E-state index is 12.0. The second-order valence-electron chi connectivity index (χ2n) is 5.05.